The second kappa shape index (κ2) is 10.7. The lowest BCUT2D eigenvalue weighted by Gasteiger charge is -2.36. The van der Waals surface area contributed by atoms with E-state index in [1.807, 2.05) is 23.1 Å². The molecule has 0 saturated carbocycles. The average Bonchev–Trinajstić information content (AvgIpc) is 2.86. The first-order valence-corrected chi connectivity index (χ1v) is 11.4. The van der Waals surface area contributed by atoms with Gasteiger partial charge in [0, 0.05) is 30.9 Å². The molecule has 0 fully saturated rings. The number of ketones is 1. The molecule has 0 radical (unpaired) electrons. The van der Waals surface area contributed by atoms with Crippen LogP contribution < -0.4 is 5.32 Å². The molecular weight excluding hydrogens is 402 g/mol. The third kappa shape index (κ3) is 5.15. The summed E-state index contributed by atoms with van der Waals surface area (Å²) in [6.07, 6.45) is 5.84. The van der Waals surface area contributed by atoms with Gasteiger partial charge in [0.2, 0.25) is 5.78 Å². The number of nitrogens with one attached hydrogen (secondary N) is 1. The van der Waals surface area contributed by atoms with Gasteiger partial charge in [-0.3, -0.25) is 19.4 Å². The molecule has 2 heterocycles. The van der Waals surface area contributed by atoms with E-state index < -0.39 is 11.8 Å². The third-order valence-electron chi connectivity index (χ3n) is 6.43. The highest BCUT2D eigenvalue weighted by atomic mass is 16.3. The fourth-order valence-corrected chi connectivity index (χ4v) is 4.65. The Bertz CT molecular complexity index is 974. The van der Waals surface area contributed by atoms with Crippen molar-refractivity contribution in [3.05, 3.63) is 71.3 Å². The van der Waals surface area contributed by atoms with E-state index in [0.29, 0.717) is 13.0 Å². The predicted molar refractivity (Wildman–Crippen MR) is 126 cm³/mol. The van der Waals surface area contributed by atoms with E-state index in [1.165, 1.54) is 11.1 Å². The molecule has 4 rings (SSSR count). The van der Waals surface area contributed by atoms with E-state index in [-0.39, 0.29) is 6.61 Å². The Kier molecular flexibility index (Phi) is 7.47. The van der Waals surface area contributed by atoms with Crippen LogP contribution in [0.2, 0.25) is 0 Å². The molecule has 32 heavy (non-hydrogen) atoms. The number of carbonyl (C=O) groups is 2. The van der Waals surface area contributed by atoms with Crippen molar-refractivity contribution in [1.29, 1.82) is 0 Å². The molecule has 0 spiro atoms. The minimum atomic E-state index is -0.553. The number of hydrogen-bond acceptors (Lipinski definition) is 6. The fourth-order valence-electron chi connectivity index (χ4n) is 4.65. The SMILES string of the molecule is O=CC(=O)C1c2ccc(CO)cc2NCN1CCCCN1CC=C(c2ccccc2)CC1. The van der Waals surface area contributed by atoms with Crippen LogP contribution in [0.4, 0.5) is 5.69 Å². The lowest BCUT2D eigenvalue weighted by molar-refractivity contribution is -0.133. The minimum Gasteiger partial charge on any atom is -0.392 e. The van der Waals surface area contributed by atoms with Crippen molar-refractivity contribution in [3.63, 3.8) is 0 Å². The van der Waals surface area contributed by atoms with E-state index in [4.69, 9.17) is 0 Å². The van der Waals surface area contributed by atoms with Crippen molar-refractivity contribution in [2.24, 2.45) is 0 Å². The predicted octanol–water partition coefficient (Wildman–Crippen LogP) is 3.24. The summed E-state index contributed by atoms with van der Waals surface area (Å²) in [7, 11) is 0. The van der Waals surface area contributed by atoms with E-state index in [2.05, 4.69) is 46.6 Å². The van der Waals surface area contributed by atoms with Gasteiger partial charge in [0.15, 0.2) is 6.29 Å². The second-order valence-electron chi connectivity index (χ2n) is 8.50. The molecule has 0 amide bonds. The van der Waals surface area contributed by atoms with E-state index >= 15 is 0 Å². The van der Waals surface area contributed by atoms with Crippen LogP contribution in [0.15, 0.2) is 54.6 Å². The second-order valence-corrected chi connectivity index (χ2v) is 8.50. The maximum atomic E-state index is 12.4. The standard InChI is InChI=1S/C26H31N3O3/c30-17-20-8-9-23-24(16-20)27-19-29(26(23)25(32)18-31)13-5-4-12-28-14-10-22(11-15-28)21-6-2-1-3-7-21/h1-3,6-10,16,18,26-27,30H,4-5,11-15,17,19H2. The van der Waals surface area contributed by atoms with E-state index in [0.717, 1.165) is 62.3 Å². The Morgan fingerprint density at radius 1 is 1.12 bits per heavy atom. The third-order valence-corrected chi connectivity index (χ3v) is 6.43. The molecule has 2 aliphatic rings. The summed E-state index contributed by atoms with van der Waals surface area (Å²) in [6, 6.07) is 15.5. The zero-order valence-electron chi connectivity index (χ0n) is 18.4. The van der Waals surface area contributed by atoms with Crippen molar-refractivity contribution in [3.8, 4) is 0 Å². The first-order chi connectivity index (χ1) is 15.7. The number of unbranched alkanes of at least 4 members (excludes halogenated alkanes) is 1. The Balaban J connectivity index is 1.29. The van der Waals surface area contributed by atoms with Gasteiger partial charge in [-0.15, -0.1) is 0 Å². The molecular formula is C26H31N3O3. The summed E-state index contributed by atoms with van der Waals surface area (Å²) in [6.45, 7) is 4.28. The molecule has 1 unspecified atom stereocenters. The lowest BCUT2D eigenvalue weighted by atomic mass is 9.96. The number of fused-ring (bicyclic) bond motifs is 1. The highest BCUT2D eigenvalue weighted by Crippen LogP contribution is 2.33. The van der Waals surface area contributed by atoms with Gasteiger partial charge in [-0.05, 0) is 48.6 Å². The summed E-state index contributed by atoms with van der Waals surface area (Å²) in [5.41, 5.74) is 5.16. The van der Waals surface area contributed by atoms with Gasteiger partial charge in [-0.25, -0.2) is 0 Å². The number of anilines is 1. The number of aldehydes is 1. The van der Waals surface area contributed by atoms with E-state index in [9.17, 15) is 14.7 Å². The zero-order chi connectivity index (χ0) is 22.3. The number of nitrogens with zero attached hydrogens (tertiary/aromatic N) is 2. The Morgan fingerprint density at radius 2 is 1.94 bits per heavy atom. The van der Waals surface area contributed by atoms with Gasteiger partial charge in [-0.1, -0.05) is 48.5 Å². The van der Waals surface area contributed by atoms with Crippen molar-refractivity contribution in [2.75, 3.05) is 38.2 Å². The van der Waals surface area contributed by atoms with Crippen LogP contribution in [0.1, 0.15) is 42.0 Å². The normalized spacial score (nSPS) is 19.0. The molecule has 2 aromatic rings. The van der Waals surface area contributed by atoms with Gasteiger partial charge >= 0.3 is 0 Å². The summed E-state index contributed by atoms with van der Waals surface area (Å²) in [5.74, 6) is -0.417. The number of rotatable bonds is 9. The molecule has 2 N–H and O–H groups in total. The smallest absolute Gasteiger partial charge is 0.216 e. The van der Waals surface area contributed by atoms with Gasteiger partial charge in [0.1, 0.15) is 6.04 Å². The Morgan fingerprint density at radius 3 is 2.66 bits per heavy atom. The molecule has 2 aliphatic heterocycles. The highest BCUT2D eigenvalue weighted by Gasteiger charge is 2.32. The monoisotopic (exact) mass is 433 g/mol. The first-order valence-electron chi connectivity index (χ1n) is 11.4. The number of Topliss-reactive ketones (excluding diaryl/α,β-unsaturated/α-hetero) is 1. The fraction of sp³-hybridized carbons (Fsp3) is 0.385. The van der Waals surface area contributed by atoms with Crippen molar-refractivity contribution >= 4 is 23.3 Å². The molecule has 0 aromatic heterocycles. The topological polar surface area (TPSA) is 72.9 Å². The van der Waals surface area contributed by atoms with Crippen LogP contribution in [-0.4, -0.2) is 59.8 Å². The summed E-state index contributed by atoms with van der Waals surface area (Å²) in [5, 5.41) is 12.7. The number of aliphatic hydroxyl groups is 1. The van der Waals surface area contributed by atoms with Crippen molar-refractivity contribution in [1.82, 2.24) is 9.80 Å². The Hall–Kier alpha value is -2.80. The summed E-state index contributed by atoms with van der Waals surface area (Å²) >= 11 is 0. The molecule has 0 aliphatic carbocycles. The van der Waals surface area contributed by atoms with Crippen LogP contribution in [0.25, 0.3) is 5.57 Å². The van der Waals surface area contributed by atoms with Crippen molar-refractivity contribution in [2.45, 2.75) is 31.9 Å². The average molecular weight is 434 g/mol. The van der Waals surface area contributed by atoms with E-state index in [1.54, 1.807) is 0 Å². The quantitative estimate of drug-likeness (QED) is 0.359. The van der Waals surface area contributed by atoms with Crippen LogP contribution in [0.5, 0.6) is 0 Å². The van der Waals surface area contributed by atoms with Crippen LogP contribution in [0, 0.1) is 0 Å². The number of carbonyl (C=O) groups excluding carboxylic acids is 2. The van der Waals surface area contributed by atoms with Gasteiger partial charge in [0.25, 0.3) is 0 Å². The highest BCUT2D eigenvalue weighted by molar-refractivity contribution is 6.27. The summed E-state index contributed by atoms with van der Waals surface area (Å²) in [4.78, 5) is 28.2. The molecule has 0 saturated heterocycles. The molecule has 0 bridgehead atoms. The number of hydrogen-bond donors (Lipinski definition) is 2. The van der Waals surface area contributed by atoms with Crippen LogP contribution in [0.3, 0.4) is 0 Å². The van der Waals surface area contributed by atoms with Crippen LogP contribution >= 0.6 is 0 Å². The maximum absolute atomic E-state index is 12.4. The summed E-state index contributed by atoms with van der Waals surface area (Å²) < 4.78 is 0. The molecule has 1 atom stereocenters. The molecule has 2 aromatic carbocycles. The van der Waals surface area contributed by atoms with Gasteiger partial charge in [-0.2, -0.15) is 0 Å². The molecule has 6 heteroatoms. The van der Waals surface area contributed by atoms with Gasteiger partial charge in [0.05, 0.1) is 13.3 Å². The molecule has 168 valence electrons. The maximum Gasteiger partial charge on any atom is 0.216 e. The van der Waals surface area contributed by atoms with Gasteiger partial charge < -0.3 is 10.4 Å². The van der Waals surface area contributed by atoms with Crippen molar-refractivity contribution < 1.29 is 14.7 Å². The first kappa shape index (κ1) is 22.4. The van der Waals surface area contributed by atoms with Crippen LogP contribution in [-0.2, 0) is 16.2 Å². The number of benzene rings is 2. The largest absolute Gasteiger partial charge is 0.392 e. The molecule has 6 nitrogen and oxygen atoms in total. The zero-order valence-corrected chi connectivity index (χ0v) is 18.4. The minimum absolute atomic E-state index is 0.0521. The Labute approximate surface area is 189 Å². The lowest BCUT2D eigenvalue weighted by Crippen LogP contribution is -2.42. The number of aliphatic hydroxyl groups excluding tert-OH is 1.